The Labute approximate surface area is 113 Å². The lowest BCUT2D eigenvalue weighted by Crippen LogP contribution is -2.50. The van der Waals surface area contributed by atoms with Crippen LogP contribution in [0, 0.1) is 0 Å². The number of fused-ring (bicyclic) bond motifs is 1. The van der Waals surface area contributed by atoms with Gasteiger partial charge < -0.3 is 14.7 Å². The maximum absolute atomic E-state index is 12.4. The van der Waals surface area contributed by atoms with Gasteiger partial charge in [0, 0.05) is 44.7 Å². The molecule has 2 heterocycles. The molecule has 1 aromatic carbocycles. The van der Waals surface area contributed by atoms with Crippen molar-refractivity contribution in [3.63, 3.8) is 0 Å². The van der Waals surface area contributed by atoms with Crippen LogP contribution >= 0.6 is 0 Å². The molecule has 0 radical (unpaired) electrons. The van der Waals surface area contributed by atoms with E-state index in [9.17, 15) is 9.90 Å². The Balaban J connectivity index is 1.75. The van der Waals surface area contributed by atoms with Crippen molar-refractivity contribution in [1.29, 1.82) is 0 Å². The summed E-state index contributed by atoms with van der Waals surface area (Å²) in [5.74, 6) is 0.0433. The lowest BCUT2D eigenvalue weighted by atomic mass is 9.91. The van der Waals surface area contributed by atoms with E-state index in [0.717, 1.165) is 17.5 Å². The van der Waals surface area contributed by atoms with Crippen molar-refractivity contribution in [2.24, 2.45) is 0 Å². The fraction of sp³-hybridized carbons (Fsp3) is 0.533. The Kier molecular flexibility index (Phi) is 3.29. The molecule has 4 nitrogen and oxygen atoms in total. The Morgan fingerprint density at radius 2 is 2.00 bits per heavy atom. The van der Waals surface area contributed by atoms with Gasteiger partial charge in [0.1, 0.15) is 0 Å². The van der Waals surface area contributed by atoms with Crippen LogP contribution in [0.3, 0.4) is 0 Å². The number of β-amino-alcohol motifs (C(OH)–C–C–N with tert-alkyl or cyclic N) is 1. The summed E-state index contributed by atoms with van der Waals surface area (Å²) >= 11 is 0. The van der Waals surface area contributed by atoms with Crippen LogP contribution in [0.5, 0.6) is 0 Å². The lowest BCUT2D eigenvalue weighted by Gasteiger charge is -2.38. The Hall–Kier alpha value is -1.39. The molecular formula is C15H19NO3. The van der Waals surface area contributed by atoms with Crippen molar-refractivity contribution in [2.45, 2.75) is 24.9 Å². The topological polar surface area (TPSA) is 49.8 Å². The highest BCUT2D eigenvalue weighted by molar-refractivity contribution is 5.96. The molecular weight excluding hydrogens is 242 g/mol. The minimum absolute atomic E-state index is 0.0433. The number of ether oxygens (including phenoxy) is 1. The van der Waals surface area contributed by atoms with Crippen LogP contribution in [0.15, 0.2) is 24.3 Å². The highest BCUT2D eigenvalue weighted by atomic mass is 16.5. The van der Waals surface area contributed by atoms with Crippen molar-refractivity contribution in [3.05, 3.63) is 35.4 Å². The third-order valence-corrected chi connectivity index (χ3v) is 4.09. The molecule has 102 valence electrons. The quantitative estimate of drug-likeness (QED) is 0.871. The zero-order valence-electron chi connectivity index (χ0n) is 11.0. The lowest BCUT2D eigenvalue weighted by molar-refractivity contribution is -0.0761. The number of carbonyl (C=O) groups is 1. The van der Waals surface area contributed by atoms with Gasteiger partial charge in [0.15, 0.2) is 0 Å². The molecule has 0 unspecified atom stereocenters. The number of carbonyl (C=O) groups excluding carboxylic acids is 1. The predicted octanol–water partition coefficient (Wildman–Crippen LogP) is 1.23. The van der Waals surface area contributed by atoms with Crippen LogP contribution in [0.4, 0.5) is 0 Å². The van der Waals surface area contributed by atoms with Crippen LogP contribution in [0.25, 0.3) is 0 Å². The average molecular weight is 261 g/mol. The summed E-state index contributed by atoms with van der Waals surface area (Å²) in [6.45, 7) is 2.27. The standard InChI is InChI=1S/C15H19NO3/c17-14-13-4-2-1-3-12(13)5-8-16(14)11-15(18)6-9-19-10-7-15/h1-4,18H,5-11H2. The number of benzene rings is 1. The number of rotatable bonds is 2. The third kappa shape index (κ3) is 2.51. The number of amides is 1. The Bertz CT molecular complexity index is 480. The van der Waals surface area contributed by atoms with Gasteiger partial charge in [-0.3, -0.25) is 4.79 Å². The molecule has 4 heteroatoms. The monoisotopic (exact) mass is 261 g/mol. The summed E-state index contributed by atoms with van der Waals surface area (Å²) in [5.41, 5.74) is 1.12. The van der Waals surface area contributed by atoms with Crippen molar-refractivity contribution < 1.29 is 14.6 Å². The molecule has 1 aromatic rings. The highest BCUT2D eigenvalue weighted by Crippen LogP contribution is 2.25. The molecule has 0 saturated carbocycles. The Morgan fingerprint density at radius 3 is 2.79 bits per heavy atom. The van der Waals surface area contributed by atoms with E-state index in [1.54, 1.807) is 4.90 Å². The second kappa shape index (κ2) is 4.94. The fourth-order valence-corrected chi connectivity index (χ4v) is 2.89. The number of hydrogen-bond acceptors (Lipinski definition) is 3. The van der Waals surface area contributed by atoms with Gasteiger partial charge in [0.2, 0.25) is 0 Å². The first kappa shape index (κ1) is 12.6. The van der Waals surface area contributed by atoms with Gasteiger partial charge in [0.05, 0.1) is 5.60 Å². The van der Waals surface area contributed by atoms with E-state index < -0.39 is 5.60 Å². The molecule has 1 saturated heterocycles. The molecule has 0 atom stereocenters. The van der Waals surface area contributed by atoms with E-state index in [-0.39, 0.29) is 5.91 Å². The van der Waals surface area contributed by atoms with Crippen LogP contribution in [0.1, 0.15) is 28.8 Å². The molecule has 0 spiro atoms. The molecule has 0 aliphatic carbocycles. The summed E-state index contributed by atoms with van der Waals surface area (Å²) < 4.78 is 5.27. The maximum Gasteiger partial charge on any atom is 0.254 e. The van der Waals surface area contributed by atoms with Gasteiger partial charge in [-0.1, -0.05) is 18.2 Å². The van der Waals surface area contributed by atoms with E-state index in [0.29, 0.717) is 39.1 Å². The minimum atomic E-state index is -0.778. The van der Waals surface area contributed by atoms with Gasteiger partial charge in [-0.05, 0) is 18.1 Å². The minimum Gasteiger partial charge on any atom is -0.388 e. The van der Waals surface area contributed by atoms with Crippen LogP contribution in [-0.2, 0) is 11.2 Å². The number of aliphatic hydroxyl groups is 1. The second-order valence-corrected chi connectivity index (χ2v) is 5.47. The first-order valence-corrected chi connectivity index (χ1v) is 6.85. The van der Waals surface area contributed by atoms with E-state index >= 15 is 0 Å². The van der Waals surface area contributed by atoms with E-state index in [2.05, 4.69) is 0 Å². The maximum atomic E-state index is 12.4. The first-order valence-electron chi connectivity index (χ1n) is 6.85. The van der Waals surface area contributed by atoms with E-state index in [4.69, 9.17) is 4.74 Å². The second-order valence-electron chi connectivity index (χ2n) is 5.47. The molecule has 0 bridgehead atoms. The van der Waals surface area contributed by atoms with E-state index in [1.807, 2.05) is 24.3 Å². The zero-order chi connectivity index (χ0) is 13.3. The van der Waals surface area contributed by atoms with Gasteiger partial charge in [0.25, 0.3) is 5.91 Å². The molecule has 1 N–H and O–H groups in total. The van der Waals surface area contributed by atoms with Gasteiger partial charge in [-0.2, -0.15) is 0 Å². The van der Waals surface area contributed by atoms with Crippen LogP contribution in [0.2, 0.25) is 0 Å². The molecule has 19 heavy (non-hydrogen) atoms. The van der Waals surface area contributed by atoms with Crippen molar-refractivity contribution in [3.8, 4) is 0 Å². The summed E-state index contributed by atoms with van der Waals surface area (Å²) in [6, 6.07) is 7.74. The van der Waals surface area contributed by atoms with Crippen molar-refractivity contribution >= 4 is 5.91 Å². The predicted molar refractivity (Wildman–Crippen MR) is 71.1 cm³/mol. The number of hydrogen-bond donors (Lipinski definition) is 1. The van der Waals surface area contributed by atoms with Gasteiger partial charge in [-0.25, -0.2) is 0 Å². The van der Waals surface area contributed by atoms with Gasteiger partial charge in [-0.15, -0.1) is 0 Å². The summed E-state index contributed by atoms with van der Waals surface area (Å²) in [7, 11) is 0. The molecule has 0 aromatic heterocycles. The molecule has 2 aliphatic heterocycles. The summed E-state index contributed by atoms with van der Waals surface area (Å²) in [4.78, 5) is 14.2. The van der Waals surface area contributed by atoms with E-state index in [1.165, 1.54) is 0 Å². The van der Waals surface area contributed by atoms with Gasteiger partial charge >= 0.3 is 0 Å². The number of nitrogens with zero attached hydrogens (tertiary/aromatic N) is 1. The van der Waals surface area contributed by atoms with Crippen LogP contribution < -0.4 is 0 Å². The Morgan fingerprint density at radius 1 is 1.26 bits per heavy atom. The summed E-state index contributed by atoms with van der Waals surface area (Å²) in [5, 5.41) is 10.5. The fourth-order valence-electron chi connectivity index (χ4n) is 2.89. The average Bonchev–Trinajstić information content (AvgIpc) is 2.43. The molecule has 1 amide bonds. The normalized spacial score (nSPS) is 22.2. The van der Waals surface area contributed by atoms with Crippen LogP contribution in [-0.4, -0.2) is 47.8 Å². The zero-order valence-corrected chi connectivity index (χ0v) is 11.0. The molecule has 1 fully saturated rings. The molecule has 3 rings (SSSR count). The summed E-state index contributed by atoms with van der Waals surface area (Å²) in [6.07, 6.45) is 2.09. The first-order chi connectivity index (χ1) is 9.18. The SMILES string of the molecule is O=C1c2ccccc2CCN1CC1(O)CCOCC1. The van der Waals surface area contributed by atoms with Crippen molar-refractivity contribution in [2.75, 3.05) is 26.3 Å². The highest BCUT2D eigenvalue weighted by Gasteiger charge is 2.35. The van der Waals surface area contributed by atoms with Crippen molar-refractivity contribution in [1.82, 2.24) is 4.90 Å². The largest absolute Gasteiger partial charge is 0.388 e. The third-order valence-electron chi connectivity index (χ3n) is 4.09. The molecule has 2 aliphatic rings. The smallest absolute Gasteiger partial charge is 0.254 e.